The largest absolute Gasteiger partial charge is 0.479 e. The van der Waals surface area contributed by atoms with Crippen molar-refractivity contribution in [2.45, 2.75) is 32.2 Å². The van der Waals surface area contributed by atoms with Crippen molar-refractivity contribution in [1.82, 2.24) is 9.78 Å². The third kappa shape index (κ3) is 3.16. The van der Waals surface area contributed by atoms with Gasteiger partial charge >= 0.3 is 5.97 Å². The Hall–Kier alpha value is -2.63. The van der Waals surface area contributed by atoms with Gasteiger partial charge < -0.3 is 10.4 Å². The summed E-state index contributed by atoms with van der Waals surface area (Å²) in [4.78, 5) is 23.4. The number of carboxylic acids is 1. The zero-order chi connectivity index (χ0) is 16.3. The van der Waals surface area contributed by atoms with E-state index < -0.39 is 11.5 Å². The number of carbonyl (C=O) groups is 2. The highest BCUT2D eigenvalue weighted by Crippen LogP contribution is 2.20. The van der Waals surface area contributed by atoms with Crippen LogP contribution >= 0.6 is 0 Å². The van der Waals surface area contributed by atoms with Gasteiger partial charge in [-0.05, 0) is 26.3 Å². The summed E-state index contributed by atoms with van der Waals surface area (Å²) < 4.78 is 1.32. The molecule has 0 radical (unpaired) electrons. The van der Waals surface area contributed by atoms with Crippen LogP contribution in [-0.2, 0) is 15.1 Å². The lowest BCUT2D eigenvalue weighted by atomic mass is 10.0. The maximum Gasteiger partial charge on any atom is 0.331 e. The second-order valence-electron chi connectivity index (χ2n) is 5.66. The van der Waals surface area contributed by atoms with Crippen molar-refractivity contribution in [1.29, 1.82) is 0 Å². The molecule has 0 bridgehead atoms. The Kier molecular flexibility index (Phi) is 4.30. The first-order valence-corrected chi connectivity index (χ1v) is 6.96. The van der Waals surface area contributed by atoms with E-state index in [0.29, 0.717) is 5.69 Å². The second-order valence-corrected chi connectivity index (χ2v) is 5.66. The lowest BCUT2D eigenvalue weighted by Gasteiger charge is -2.19. The Balaban J connectivity index is 2.10. The van der Waals surface area contributed by atoms with E-state index in [4.69, 9.17) is 0 Å². The molecular weight excluding hydrogens is 282 g/mol. The van der Waals surface area contributed by atoms with E-state index in [1.165, 1.54) is 17.1 Å². The lowest BCUT2D eigenvalue weighted by molar-refractivity contribution is -0.146. The summed E-state index contributed by atoms with van der Waals surface area (Å²) in [5, 5.41) is 15.9. The summed E-state index contributed by atoms with van der Waals surface area (Å²) in [6, 6.07) is 9.44. The van der Waals surface area contributed by atoms with Crippen LogP contribution in [0.2, 0.25) is 0 Å². The average molecular weight is 301 g/mol. The minimum atomic E-state index is -1.17. The highest BCUT2D eigenvalue weighted by molar-refractivity contribution is 5.95. The van der Waals surface area contributed by atoms with Gasteiger partial charge in [-0.15, -0.1) is 0 Å². The molecule has 2 aromatic rings. The number of benzene rings is 1. The topological polar surface area (TPSA) is 84.2 Å². The van der Waals surface area contributed by atoms with Crippen molar-refractivity contribution in [3.8, 4) is 0 Å². The fourth-order valence-electron chi connectivity index (χ4n) is 1.93. The zero-order valence-electron chi connectivity index (χ0n) is 12.8. The maximum absolute atomic E-state index is 12.2. The van der Waals surface area contributed by atoms with Crippen LogP contribution in [0, 0.1) is 0 Å². The standard InChI is InChI=1S/C16H19N3O3/c1-11(12-7-5-4-6-8-12)14(20)18-13-9-17-19(10-13)16(2,3)15(21)22/h4-11H,1-3H3,(H,18,20)(H,21,22). The number of amides is 1. The van der Waals surface area contributed by atoms with Crippen molar-refractivity contribution in [2.75, 3.05) is 5.32 Å². The van der Waals surface area contributed by atoms with Crippen molar-refractivity contribution in [3.63, 3.8) is 0 Å². The molecule has 2 N–H and O–H groups in total. The van der Waals surface area contributed by atoms with Gasteiger partial charge in [0.15, 0.2) is 5.54 Å². The molecule has 0 saturated carbocycles. The number of aliphatic carboxylic acids is 1. The molecule has 1 aromatic heterocycles. The molecule has 0 saturated heterocycles. The highest BCUT2D eigenvalue weighted by Gasteiger charge is 2.30. The van der Waals surface area contributed by atoms with Crippen molar-refractivity contribution >= 4 is 17.6 Å². The third-order valence-electron chi connectivity index (χ3n) is 3.64. The summed E-state index contributed by atoms with van der Waals surface area (Å²) in [7, 11) is 0. The molecule has 0 fully saturated rings. The molecule has 22 heavy (non-hydrogen) atoms. The Morgan fingerprint density at radius 2 is 1.91 bits per heavy atom. The number of nitrogens with one attached hydrogen (secondary N) is 1. The number of hydrogen-bond acceptors (Lipinski definition) is 3. The zero-order valence-corrected chi connectivity index (χ0v) is 12.8. The minimum Gasteiger partial charge on any atom is -0.479 e. The molecule has 0 aliphatic rings. The first-order chi connectivity index (χ1) is 10.3. The predicted octanol–water partition coefficient (Wildman–Crippen LogP) is 2.45. The van der Waals surface area contributed by atoms with Crippen LogP contribution in [-0.4, -0.2) is 26.8 Å². The number of carboxylic acid groups (broad SMARTS) is 1. The summed E-state index contributed by atoms with van der Waals surface area (Å²) in [6.07, 6.45) is 2.96. The number of anilines is 1. The molecule has 0 spiro atoms. The SMILES string of the molecule is CC(C(=O)Nc1cnn(C(C)(C)C(=O)O)c1)c1ccccc1. The Bertz CT molecular complexity index is 677. The van der Waals surface area contributed by atoms with Gasteiger partial charge in [0.25, 0.3) is 0 Å². The number of hydrogen-bond donors (Lipinski definition) is 2. The van der Waals surface area contributed by atoms with E-state index in [-0.39, 0.29) is 11.8 Å². The van der Waals surface area contributed by atoms with Gasteiger partial charge in [-0.2, -0.15) is 5.10 Å². The summed E-state index contributed by atoms with van der Waals surface area (Å²) >= 11 is 0. The van der Waals surface area contributed by atoms with Crippen LogP contribution in [0.3, 0.4) is 0 Å². The summed E-state index contributed by atoms with van der Waals surface area (Å²) in [5.41, 5.74) is 0.217. The smallest absolute Gasteiger partial charge is 0.331 e. The molecule has 2 rings (SSSR count). The Labute approximate surface area is 128 Å². The molecule has 1 atom stereocenters. The molecule has 0 aliphatic carbocycles. The molecule has 6 heteroatoms. The lowest BCUT2D eigenvalue weighted by Crippen LogP contribution is -2.35. The van der Waals surface area contributed by atoms with Gasteiger partial charge in [-0.3, -0.25) is 9.48 Å². The van der Waals surface area contributed by atoms with Gasteiger partial charge in [0.2, 0.25) is 5.91 Å². The fourth-order valence-corrected chi connectivity index (χ4v) is 1.93. The predicted molar refractivity (Wildman–Crippen MR) is 82.7 cm³/mol. The van der Waals surface area contributed by atoms with Gasteiger partial charge in [0.05, 0.1) is 17.8 Å². The van der Waals surface area contributed by atoms with Crippen molar-refractivity contribution in [3.05, 3.63) is 48.3 Å². The van der Waals surface area contributed by atoms with E-state index in [2.05, 4.69) is 10.4 Å². The number of aromatic nitrogens is 2. The van der Waals surface area contributed by atoms with Crippen molar-refractivity contribution in [2.24, 2.45) is 0 Å². The molecule has 1 unspecified atom stereocenters. The van der Waals surface area contributed by atoms with E-state index >= 15 is 0 Å². The molecule has 1 heterocycles. The maximum atomic E-state index is 12.2. The van der Waals surface area contributed by atoms with Crippen LogP contribution in [0.5, 0.6) is 0 Å². The first-order valence-electron chi connectivity index (χ1n) is 6.96. The molecular formula is C16H19N3O3. The van der Waals surface area contributed by atoms with Gasteiger partial charge in [-0.25, -0.2) is 4.79 Å². The Morgan fingerprint density at radius 1 is 1.27 bits per heavy atom. The molecule has 116 valence electrons. The van der Waals surface area contributed by atoms with Gasteiger partial charge in [-0.1, -0.05) is 30.3 Å². The van der Waals surface area contributed by atoms with Gasteiger partial charge in [0.1, 0.15) is 0 Å². The Morgan fingerprint density at radius 3 is 2.50 bits per heavy atom. The second kappa shape index (κ2) is 6.01. The summed E-state index contributed by atoms with van der Waals surface area (Å²) in [5.74, 6) is -1.47. The molecule has 1 aromatic carbocycles. The van der Waals surface area contributed by atoms with Gasteiger partial charge in [0, 0.05) is 6.20 Å². The third-order valence-corrected chi connectivity index (χ3v) is 3.64. The van der Waals surface area contributed by atoms with E-state index in [1.54, 1.807) is 13.8 Å². The highest BCUT2D eigenvalue weighted by atomic mass is 16.4. The molecule has 1 amide bonds. The minimum absolute atomic E-state index is 0.168. The quantitative estimate of drug-likeness (QED) is 0.888. The van der Waals surface area contributed by atoms with Crippen molar-refractivity contribution < 1.29 is 14.7 Å². The van der Waals surface area contributed by atoms with Crippen LogP contribution < -0.4 is 5.32 Å². The first kappa shape index (κ1) is 15.8. The number of carbonyl (C=O) groups excluding carboxylic acids is 1. The molecule has 6 nitrogen and oxygen atoms in total. The van der Waals surface area contributed by atoms with Crippen LogP contribution in [0.25, 0.3) is 0 Å². The van der Waals surface area contributed by atoms with Crippen LogP contribution in [0.4, 0.5) is 5.69 Å². The van der Waals surface area contributed by atoms with E-state index in [9.17, 15) is 14.7 Å². The molecule has 0 aliphatic heterocycles. The van der Waals surface area contributed by atoms with E-state index in [1.807, 2.05) is 37.3 Å². The average Bonchev–Trinajstić information content (AvgIpc) is 2.96. The number of nitrogens with zero attached hydrogens (tertiary/aromatic N) is 2. The normalized spacial score (nSPS) is 12.7. The fraction of sp³-hybridized carbons (Fsp3) is 0.312. The van der Waals surface area contributed by atoms with Crippen LogP contribution in [0.1, 0.15) is 32.3 Å². The number of rotatable bonds is 5. The summed E-state index contributed by atoms with van der Waals surface area (Å²) in [6.45, 7) is 4.90. The van der Waals surface area contributed by atoms with Crippen LogP contribution in [0.15, 0.2) is 42.7 Å². The van der Waals surface area contributed by atoms with E-state index in [0.717, 1.165) is 5.56 Å². The monoisotopic (exact) mass is 301 g/mol.